The van der Waals surface area contributed by atoms with Gasteiger partial charge in [-0.25, -0.2) is 0 Å². The molecule has 0 saturated carbocycles. The van der Waals surface area contributed by atoms with Crippen LogP contribution in [0.3, 0.4) is 0 Å². The Hall–Kier alpha value is -1.72. The van der Waals surface area contributed by atoms with Crippen LogP contribution in [0.15, 0.2) is 43.5 Å². The number of unbranched alkanes of at least 4 members (excludes halogenated alkanes) is 12. The molecule has 0 amide bonds. The monoisotopic (exact) mass is 430 g/mol. The molecule has 1 aromatic carbocycles. The summed E-state index contributed by atoms with van der Waals surface area (Å²) in [4.78, 5) is 0. The van der Waals surface area contributed by atoms with Crippen molar-refractivity contribution in [3.05, 3.63) is 43.5 Å². The average Bonchev–Trinajstić information content (AvgIpc) is 2.76. The van der Waals surface area contributed by atoms with Crippen LogP contribution in [-0.4, -0.2) is 30.4 Å². The van der Waals surface area contributed by atoms with Gasteiger partial charge in [-0.2, -0.15) is 0 Å². The lowest BCUT2D eigenvalue weighted by molar-refractivity contribution is 0.290. The van der Waals surface area contributed by atoms with Gasteiger partial charge in [0.25, 0.3) is 0 Å². The second kappa shape index (κ2) is 19.0. The molecule has 1 aromatic rings. The molecule has 31 heavy (non-hydrogen) atoms. The fraction of sp³-hybridized carbons (Fsp3) is 0.615. The van der Waals surface area contributed by atoms with Crippen LogP contribution >= 0.6 is 0 Å². The van der Waals surface area contributed by atoms with Crippen LogP contribution in [-0.2, 0) is 0 Å². The fourth-order valence-electron chi connectivity index (χ4n) is 3.51. The Balaban J connectivity index is 2.27. The normalized spacial score (nSPS) is 10.6. The minimum atomic E-state index is -1.55. The molecule has 0 aliphatic carbocycles. The summed E-state index contributed by atoms with van der Waals surface area (Å²) in [6.45, 7) is 8.74. The number of benzene rings is 1. The topological polar surface area (TPSA) is 58.9 Å². The number of rotatable bonds is 21. The van der Waals surface area contributed by atoms with Gasteiger partial charge >= 0.3 is 7.12 Å². The van der Waals surface area contributed by atoms with Crippen LogP contribution in [0.25, 0.3) is 0 Å². The van der Waals surface area contributed by atoms with Gasteiger partial charge in [0.2, 0.25) is 0 Å². The maximum absolute atomic E-state index is 9.61. The van der Waals surface area contributed by atoms with Crippen molar-refractivity contribution >= 4 is 12.6 Å². The molecule has 1 rings (SSSR count). The van der Waals surface area contributed by atoms with Crippen LogP contribution in [0.4, 0.5) is 0 Å². The van der Waals surface area contributed by atoms with Gasteiger partial charge in [-0.15, -0.1) is 13.2 Å². The van der Waals surface area contributed by atoms with Gasteiger partial charge in [0, 0.05) is 11.5 Å². The van der Waals surface area contributed by atoms with Crippen molar-refractivity contribution in [2.75, 3.05) is 13.2 Å². The minimum absolute atomic E-state index is 0.385. The van der Waals surface area contributed by atoms with Crippen molar-refractivity contribution < 1.29 is 19.5 Å². The Morgan fingerprint density at radius 1 is 0.677 bits per heavy atom. The number of allylic oxidation sites excluding steroid dienone is 2. The van der Waals surface area contributed by atoms with Crippen LogP contribution in [0.2, 0.25) is 0 Å². The molecule has 0 atom stereocenters. The molecule has 0 radical (unpaired) electrons. The quantitative estimate of drug-likeness (QED) is 0.144. The van der Waals surface area contributed by atoms with Crippen molar-refractivity contribution in [1.29, 1.82) is 0 Å². The summed E-state index contributed by atoms with van der Waals surface area (Å²) < 4.78 is 11.7. The SMILES string of the molecule is C=CCCCCCCCCOc1ccc(B(O)O)c(OCCCCCCCCC=C)c1. The van der Waals surface area contributed by atoms with E-state index >= 15 is 0 Å². The van der Waals surface area contributed by atoms with Gasteiger partial charge in [-0.1, -0.05) is 69.6 Å². The van der Waals surface area contributed by atoms with Crippen molar-refractivity contribution in [2.45, 2.75) is 89.9 Å². The minimum Gasteiger partial charge on any atom is -0.494 e. The maximum atomic E-state index is 9.61. The molecule has 0 aliphatic rings. The molecule has 0 spiro atoms. The predicted octanol–water partition coefficient (Wildman–Crippen LogP) is 5.96. The second-order valence-corrected chi connectivity index (χ2v) is 8.17. The summed E-state index contributed by atoms with van der Waals surface area (Å²) >= 11 is 0. The first-order valence-corrected chi connectivity index (χ1v) is 12.2. The number of hydrogen-bond donors (Lipinski definition) is 2. The predicted molar refractivity (Wildman–Crippen MR) is 132 cm³/mol. The Morgan fingerprint density at radius 3 is 1.68 bits per heavy atom. The molecule has 0 aromatic heterocycles. The zero-order valence-electron chi connectivity index (χ0n) is 19.4. The standard InChI is InChI=1S/C26H43BO4/c1-3-5-7-9-11-13-15-17-21-30-24-19-20-25(27(28)29)26(23-24)31-22-18-16-14-12-10-8-6-4-2/h3-4,19-20,23,28-29H,1-2,5-18,21-22H2. The molecule has 4 nitrogen and oxygen atoms in total. The summed E-state index contributed by atoms with van der Waals surface area (Å²) in [5, 5.41) is 19.2. The average molecular weight is 430 g/mol. The summed E-state index contributed by atoms with van der Waals surface area (Å²) in [6.07, 6.45) is 20.4. The highest BCUT2D eigenvalue weighted by Gasteiger charge is 2.18. The third-order valence-corrected chi connectivity index (χ3v) is 5.39. The van der Waals surface area contributed by atoms with Crippen LogP contribution in [0.5, 0.6) is 11.5 Å². The highest BCUT2D eigenvalue weighted by molar-refractivity contribution is 6.59. The van der Waals surface area contributed by atoms with Crippen molar-refractivity contribution in [1.82, 2.24) is 0 Å². The Kier molecular flexibility index (Phi) is 16.7. The number of ether oxygens (including phenoxy) is 2. The van der Waals surface area contributed by atoms with Crippen molar-refractivity contribution in [3.8, 4) is 11.5 Å². The maximum Gasteiger partial charge on any atom is 0.492 e. The summed E-state index contributed by atoms with van der Waals surface area (Å²) in [5.74, 6) is 1.22. The van der Waals surface area contributed by atoms with E-state index in [0.717, 1.165) is 32.1 Å². The molecule has 0 fully saturated rings. The fourth-order valence-corrected chi connectivity index (χ4v) is 3.51. The van der Waals surface area contributed by atoms with E-state index in [1.54, 1.807) is 18.2 Å². The first kappa shape index (κ1) is 27.3. The van der Waals surface area contributed by atoms with Crippen LogP contribution in [0, 0.1) is 0 Å². The largest absolute Gasteiger partial charge is 0.494 e. The lowest BCUT2D eigenvalue weighted by Crippen LogP contribution is -2.31. The Labute approximate surface area is 190 Å². The van der Waals surface area contributed by atoms with E-state index in [-0.39, 0.29) is 0 Å². The van der Waals surface area contributed by atoms with Crippen molar-refractivity contribution in [2.24, 2.45) is 0 Å². The molecule has 0 unspecified atom stereocenters. The van der Waals surface area contributed by atoms with Crippen LogP contribution < -0.4 is 14.9 Å². The lowest BCUT2D eigenvalue weighted by Gasteiger charge is -2.14. The molecule has 2 N–H and O–H groups in total. The molecule has 0 heterocycles. The molecular formula is C26H43BO4. The smallest absolute Gasteiger partial charge is 0.492 e. The van der Waals surface area contributed by atoms with Gasteiger partial charge in [0.1, 0.15) is 11.5 Å². The van der Waals surface area contributed by atoms with E-state index in [1.807, 2.05) is 12.2 Å². The Bertz CT molecular complexity index is 589. The van der Waals surface area contributed by atoms with E-state index in [9.17, 15) is 10.0 Å². The molecular weight excluding hydrogens is 387 g/mol. The second-order valence-electron chi connectivity index (χ2n) is 8.17. The first-order chi connectivity index (χ1) is 15.2. The molecule has 5 heteroatoms. The lowest BCUT2D eigenvalue weighted by atomic mass is 9.79. The van der Waals surface area contributed by atoms with E-state index < -0.39 is 7.12 Å². The van der Waals surface area contributed by atoms with Gasteiger partial charge in [0.05, 0.1) is 13.2 Å². The zero-order chi connectivity index (χ0) is 22.6. The van der Waals surface area contributed by atoms with Crippen molar-refractivity contribution in [3.63, 3.8) is 0 Å². The summed E-state index contributed by atoms with van der Waals surface area (Å²) in [6, 6.07) is 5.23. The first-order valence-electron chi connectivity index (χ1n) is 12.2. The Morgan fingerprint density at radius 2 is 1.16 bits per heavy atom. The highest BCUT2D eigenvalue weighted by Crippen LogP contribution is 2.19. The number of hydrogen-bond acceptors (Lipinski definition) is 4. The summed E-state index contributed by atoms with van der Waals surface area (Å²) in [7, 11) is -1.55. The van der Waals surface area contributed by atoms with E-state index in [0.29, 0.717) is 30.2 Å². The van der Waals surface area contributed by atoms with Gasteiger partial charge < -0.3 is 19.5 Å². The highest BCUT2D eigenvalue weighted by atomic mass is 16.5. The van der Waals surface area contributed by atoms with Gasteiger partial charge in [-0.3, -0.25) is 0 Å². The van der Waals surface area contributed by atoms with E-state index in [2.05, 4.69) is 13.2 Å². The molecule has 0 bridgehead atoms. The third kappa shape index (κ3) is 14.1. The zero-order valence-corrected chi connectivity index (χ0v) is 19.4. The van der Waals surface area contributed by atoms with Crippen LogP contribution in [0.1, 0.15) is 89.9 Å². The molecule has 0 saturated heterocycles. The molecule has 174 valence electrons. The molecule has 0 aliphatic heterocycles. The van der Waals surface area contributed by atoms with Gasteiger partial charge in [-0.05, 0) is 44.6 Å². The third-order valence-electron chi connectivity index (χ3n) is 5.39. The van der Waals surface area contributed by atoms with E-state index in [1.165, 1.54) is 57.8 Å². The summed E-state index contributed by atoms with van der Waals surface area (Å²) in [5.41, 5.74) is 0.385. The van der Waals surface area contributed by atoms with E-state index in [4.69, 9.17) is 9.47 Å². The van der Waals surface area contributed by atoms with Gasteiger partial charge in [0.15, 0.2) is 0 Å².